The summed E-state index contributed by atoms with van der Waals surface area (Å²) < 4.78 is 18.3. The Labute approximate surface area is 177 Å². The topological polar surface area (TPSA) is 64.8 Å². The molecule has 0 aliphatic carbocycles. The van der Waals surface area contributed by atoms with Crippen molar-refractivity contribution in [2.24, 2.45) is 0 Å². The molecule has 0 radical (unpaired) electrons. The van der Waals surface area contributed by atoms with Gasteiger partial charge in [-0.15, -0.1) is 0 Å². The van der Waals surface area contributed by atoms with E-state index in [-0.39, 0.29) is 19.1 Å². The zero-order chi connectivity index (χ0) is 20.7. The molecule has 2 aromatic carbocycles. The number of hydrogen-bond donors (Lipinski definition) is 0. The predicted molar refractivity (Wildman–Crippen MR) is 115 cm³/mol. The molecule has 0 saturated heterocycles. The third-order valence-electron chi connectivity index (χ3n) is 4.98. The van der Waals surface area contributed by atoms with Gasteiger partial charge in [-0.1, -0.05) is 29.5 Å². The van der Waals surface area contributed by atoms with Gasteiger partial charge in [-0.05, 0) is 55.3 Å². The summed E-state index contributed by atoms with van der Waals surface area (Å²) in [5.41, 5.74) is 3.17. The first kappa shape index (κ1) is 18.7. The largest absolute Gasteiger partial charge is 0.485 e. The summed E-state index contributed by atoms with van der Waals surface area (Å²) in [5.74, 6) is 1.67. The smallest absolute Gasteiger partial charge is 0.273 e. The van der Waals surface area contributed by atoms with E-state index in [0.717, 1.165) is 21.3 Å². The first-order chi connectivity index (χ1) is 14.6. The van der Waals surface area contributed by atoms with E-state index in [9.17, 15) is 4.79 Å². The Morgan fingerprint density at radius 1 is 1.17 bits per heavy atom. The number of fused-ring (bicyclic) bond motifs is 2. The van der Waals surface area contributed by atoms with Gasteiger partial charge in [-0.2, -0.15) is 0 Å². The zero-order valence-corrected chi connectivity index (χ0v) is 17.4. The normalized spacial score (nSPS) is 15.3. The highest BCUT2D eigenvalue weighted by Gasteiger charge is 2.33. The van der Waals surface area contributed by atoms with E-state index in [1.165, 1.54) is 11.3 Å². The first-order valence-corrected chi connectivity index (χ1v) is 10.5. The van der Waals surface area contributed by atoms with Crippen molar-refractivity contribution in [2.75, 3.05) is 11.5 Å². The molecule has 1 atom stereocenters. The molecule has 1 amide bonds. The first-order valence-electron chi connectivity index (χ1n) is 9.68. The second kappa shape index (κ2) is 7.50. The molecule has 0 saturated carbocycles. The number of amides is 1. The van der Waals surface area contributed by atoms with Crippen LogP contribution in [0.2, 0.25) is 0 Å². The fraction of sp³-hybridized carbons (Fsp3) is 0.217. The van der Waals surface area contributed by atoms with Gasteiger partial charge in [0.15, 0.2) is 16.6 Å². The van der Waals surface area contributed by atoms with Crippen LogP contribution in [0.15, 0.2) is 59.2 Å². The molecular weight excluding hydrogens is 400 g/mol. The third kappa shape index (κ3) is 3.41. The second-order valence-electron chi connectivity index (χ2n) is 7.29. The Bertz CT molecular complexity index is 1220. The Morgan fingerprint density at radius 2 is 2.00 bits per heavy atom. The number of carbonyl (C=O) groups is 1. The molecule has 152 valence electrons. The maximum atomic E-state index is 13.5. The summed E-state index contributed by atoms with van der Waals surface area (Å²) in [6, 6.07) is 15.2. The standard InChI is InChI=1S/C23H20N2O4S/c1-14-10-15(2)21-17(11-14)24-23(30-21)25(12-16-6-5-9-27-16)22(26)20-13-28-18-7-3-4-8-19(18)29-20/h3-11,20H,12-13H2,1-2H3. The monoisotopic (exact) mass is 420 g/mol. The van der Waals surface area contributed by atoms with Gasteiger partial charge in [0.1, 0.15) is 12.4 Å². The number of carbonyl (C=O) groups excluding carboxylic acids is 1. The molecule has 0 N–H and O–H groups in total. The number of thiazole rings is 1. The summed E-state index contributed by atoms with van der Waals surface area (Å²) >= 11 is 1.50. The van der Waals surface area contributed by atoms with E-state index in [0.29, 0.717) is 22.4 Å². The minimum Gasteiger partial charge on any atom is -0.485 e. The molecule has 2 aromatic heterocycles. The molecule has 0 fully saturated rings. The maximum Gasteiger partial charge on any atom is 0.273 e. The van der Waals surface area contributed by atoms with Gasteiger partial charge in [0.2, 0.25) is 6.10 Å². The van der Waals surface area contributed by atoms with Crippen molar-refractivity contribution in [3.63, 3.8) is 0 Å². The lowest BCUT2D eigenvalue weighted by molar-refractivity contribution is -0.127. The van der Waals surface area contributed by atoms with Crippen LogP contribution < -0.4 is 14.4 Å². The fourth-order valence-corrected chi connectivity index (χ4v) is 4.61. The molecule has 5 rings (SSSR count). The van der Waals surface area contributed by atoms with Gasteiger partial charge >= 0.3 is 0 Å². The van der Waals surface area contributed by atoms with Crippen molar-refractivity contribution in [3.8, 4) is 11.5 Å². The van der Waals surface area contributed by atoms with Crippen LogP contribution in [0.1, 0.15) is 16.9 Å². The summed E-state index contributed by atoms with van der Waals surface area (Å²) in [6.45, 7) is 4.52. The summed E-state index contributed by atoms with van der Waals surface area (Å²) in [6.07, 6.45) is 0.838. The highest BCUT2D eigenvalue weighted by Crippen LogP contribution is 2.35. The quantitative estimate of drug-likeness (QED) is 0.471. The van der Waals surface area contributed by atoms with Crippen LogP contribution in [-0.2, 0) is 11.3 Å². The molecule has 0 bridgehead atoms. The van der Waals surface area contributed by atoms with Gasteiger partial charge in [0.25, 0.3) is 5.91 Å². The lowest BCUT2D eigenvalue weighted by atomic mass is 10.1. The molecule has 0 spiro atoms. The number of rotatable bonds is 4. The van der Waals surface area contributed by atoms with E-state index in [2.05, 4.69) is 13.0 Å². The van der Waals surface area contributed by atoms with E-state index in [1.807, 2.05) is 37.3 Å². The molecule has 30 heavy (non-hydrogen) atoms. The summed E-state index contributed by atoms with van der Waals surface area (Å²) in [7, 11) is 0. The maximum absolute atomic E-state index is 13.5. The molecule has 3 heterocycles. The predicted octanol–water partition coefficient (Wildman–Crippen LogP) is 4.88. The van der Waals surface area contributed by atoms with Gasteiger partial charge < -0.3 is 13.9 Å². The van der Waals surface area contributed by atoms with Crippen LogP contribution in [0.3, 0.4) is 0 Å². The minimum atomic E-state index is -0.760. The van der Waals surface area contributed by atoms with Crippen LogP contribution in [0, 0.1) is 13.8 Å². The Morgan fingerprint density at radius 3 is 2.80 bits per heavy atom. The zero-order valence-electron chi connectivity index (χ0n) is 16.6. The third-order valence-corrected chi connectivity index (χ3v) is 6.21. The molecule has 6 nitrogen and oxygen atoms in total. The van der Waals surface area contributed by atoms with E-state index >= 15 is 0 Å². The van der Waals surface area contributed by atoms with E-state index < -0.39 is 6.10 Å². The van der Waals surface area contributed by atoms with Gasteiger partial charge in [-0.25, -0.2) is 4.98 Å². The van der Waals surface area contributed by atoms with Crippen LogP contribution in [0.5, 0.6) is 11.5 Å². The van der Waals surface area contributed by atoms with Crippen LogP contribution in [-0.4, -0.2) is 23.6 Å². The lowest BCUT2D eigenvalue weighted by Crippen LogP contribution is -2.46. The van der Waals surface area contributed by atoms with Crippen molar-refractivity contribution >= 4 is 32.6 Å². The van der Waals surface area contributed by atoms with Crippen LogP contribution >= 0.6 is 11.3 Å². The Balaban J connectivity index is 1.51. The lowest BCUT2D eigenvalue weighted by Gasteiger charge is -2.29. The average molecular weight is 420 g/mol. The van der Waals surface area contributed by atoms with Gasteiger partial charge in [0.05, 0.1) is 23.0 Å². The molecule has 1 aliphatic rings. The molecule has 1 aliphatic heterocycles. The highest BCUT2D eigenvalue weighted by molar-refractivity contribution is 7.22. The van der Waals surface area contributed by atoms with E-state index in [4.69, 9.17) is 18.9 Å². The Hall–Kier alpha value is -3.32. The summed E-state index contributed by atoms with van der Waals surface area (Å²) in [5, 5.41) is 0.613. The number of ether oxygens (including phenoxy) is 2. The van der Waals surface area contributed by atoms with Gasteiger partial charge in [-0.3, -0.25) is 9.69 Å². The molecular formula is C23H20N2O4S. The van der Waals surface area contributed by atoms with Crippen molar-refractivity contribution in [1.29, 1.82) is 0 Å². The second-order valence-corrected chi connectivity index (χ2v) is 8.27. The number of para-hydroxylation sites is 2. The van der Waals surface area contributed by atoms with Crippen molar-refractivity contribution in [2.45, 2.75) is 26.5 Å². The number of hydrogen-bond acceptors (Lipinski definition) is 6. The molecule has 4 aromatic rings. The summed E-state index contributed by atoms with van der Waals surface area (Å²) in [4.78, 5) is 19.9. The van der Waals surface area contributed by atoms with E-state index in [1.54, 1.807) is 23.3 Å². The minimum absolute atomic E-state index is 0.146. The van der Waals surface area contributed by atoms with Crippen molar-refractivity contribution in [3.05, 3.63) is 71.7 Å². The van der Waals surface area contributed by atoms with Gasteiger partial charge in [0, 0.05) is 0 Å². The SMILES string of the molecule is Cc1cc(C)c2sc(N(Cc3ccco3)C(=O)C3COc4ccccc4O3)nc2c1. The number of nitrogens with zero attached hydrogens (tertiary/aromatic N) is 2. The van der Waals surface area contributed by atoms with Crippen LogP contribution in [0.25, 0.3) is 10.2 Å². The fourth-order valence-electron chi connectivity index (χ4n) is 3.59. The number of benzene rings is 2. The van der Waals surface area contributed by atoms with Crippen molar-refractivity contribution in [1.82, 2.24) is 4.98 Å². The van der Waals surface area contributed by atoms with Crippen LogP contribution in [0.4, 0.5) is 5.13 Å². The Kier molecular flexibility index (Phi) is 4.67. The molecule has 7 heteroatoms. The number of anilines is 1. The van der Waals surface area contributed by atoms with Crippen molar-refractivity contribution < 1.29 is 18.7 Å². The average Bonchev–Trinajstić information content (AvgIpc) is 3.41. The number of aromatic nitrogens is 1. The number of aryl methyl sites for hydroxylation is 2. The number of furan rings is 1. The highest BCUT2D eigenvalue weighted by atomic mass is 32.1. The molecule has 1 unspecified atom stereocenters.